The third-order valence-corrected chi connectivity index (χ3v) is 6.23. The second-order valence-electron chi connectivity index (χ2n) is 5.60. The lowest BCUT2D eigenvalue weighted by molar-refractivity contribution is 0.429. The van der Waals surface area contributed by atoms with Crippen molar-refractivity contribution in [2.75, 3.05) is 37.8 Å². The smallest absolute Gasteiger partial charge is 0.243 e. The van der Waals surface area contributed by atoms with Gasteiger partial charge in [-0.2, -0.15) is 16.9 Å². The molecule has 0 unspecified atom stereocenters. The summed E-state index contributed by atoms with van der Waals surface area (Å²) >= 11 is 4.19. The molecule has 23 heavy (non-hydrogen) atoms. The summed E-state index contributed by atoms with van der Waals surface area (Å²) in [5.41, 5.74) is 1.01. The summed E-state index contributed by atoms with van der Waals surface area (Å²) < 4.78 is 27.6. The first-order valence-corrected chi connectivity index (χ1v) is 9.80. The second kappa shape index (κ2) is 7.55. The first-order chi connectivity index (χ1) is 10.9. The molecule has 2 rings (SSSR count). The number of benzene rings is 2. The van der Waals surface area contributed by atoms with E-state index in [1.165, 1.54) is 4.31 Å². The topological polar surface area (TPSA) is 40.6 Å². The number of rotatable bonds is 7. The lowest BCUT2D eigenvalue weighted by Crippen LogP contribution is -2.32. The van der Waals surface area contributed by atoms with E-state index in [9.17, 15) is 8.42 Å². The predicted octanol–water partition coefficient (Wildman–Crippen LogP) is 3.24. The summed E-state index contributed by atoms with van der Waals surface area (Å²) in [5.74, 6) is 0.673. The van der Waals surface area contributed by atoms with Gasteiger partial charge in [0, 0.05) is 43.6 Å². The minimum absolute atomic E-state index is 0.375. The Labute approximate surface area is 144 Å². The van der Waals surface area contributed by atoms with Gasteiger partial charge in [-0.1, -0.05) is 31.2 Å². The molecule has 0 radical (unpaired) electrons. The SMILES string of the molecule is CCN(CCCS)S(=O)(=O)c1cccc2c(N(C)C)cccc12. The molecular formula is C17H24N2O2S2. The maximum absolute atomic E-state index is 13.1. The highest BCUT2D eigenvalue weighted by Crippen LogP contribution is 2.31. The van der Waals surface area contributed by atoms with Crippen LogP contribution in [-0.2, 0) is 10.0 Å². The third kappa shape index (κ3) is 3.65. The third-order valence-electron chi connectivity index (χ3n) is 3.88. The fourth-order valence-electron chi connectivity index (χ4n) is 2.71. The van der Waals surface area contributed by atoms with Crippen LogP contribution in [0.1, 0.15) is 13.3 Å². The molecule has 0 bridgehead atoms. The van der Waals surface area contributed by atoms with E-state index in [-0.39, 0.29) is 0 Å². The molecule has 4 nitrogen and oxygen atoms in total. The fourth-order valence-corrected chi connectivity index (χ4v) is 4.55. The summed E-state index contributed by atoms with van der Waals surface area (Å²) in [5, 5.41) is 1.71. The molecule has 0 saturated heterocycles. The molecule has 0 N–H and O–H groups in total. The van der Waals surface area contributed by atoms with E-state index in [1.807, 2.05) is 56.3 Å². The van der Waals surface area contributed by atoms with E-state index in [0.717, 1.165) is 22.9 Å². The number of hydrogen-bond acceptors (Lipinski definition) is 4. The average Bonchev–Trinajstić information content (AvgIpc) is 2.54. The molecule has 0 saturated carbocycles. The minimum atomic E-state index is -3.51. The molecule has 6 heteroatoms. The molecule has 0 aliphatic rings. The Kier molecular flexibility index (Phi) is 5.95. The first-order valence-electron chi connectivity index (χ1n) is 7.73. The van der Waals surface area contributed by atoms with E-state index in [4.69, 9.17) is 0 Å². The van der Waals surface area contributed by atoms with Crippen LogP contribution < -0.4 is 4.90 Å². The van der Waals surface area contributed by atoms with Crippen LogP contribution in [0.15, 0.2) is 41.3 Å². The van der Waals surface area contributed by atoms with E-state index in [0.29, 0.717) is 23.7 Å². The summed E-state index contributed by atoms with van der Waals surface area (Å²) in [6, 6.07) is 11.3. The van der Waals surface area contributed by atoms with Crippen LogP contribution in [0.4, 0.5) is 5.69 Å². The van der Waals surface area contributed by atoms with Crippen LogP contribution in [-0.4, -0.2) is 45.7 Å². The zero-order valence-electron chi connectivity index (χ0n) is 13.9. The van der Waals surface area contributed by atoms with Gasteiger partial charge in [-0.05, 0) is 24.3 Å². The molecule has 0 heterocycles. The van der Waals surface area contributed by atoms with Crippen molar-refractivity contribution in [3.63, 3.8) is 0 Å². The molecule has 2 aromatic rings. The van der Waals surface area contributed by atoms with Gasteiger partial charge in [0.2, 0.25) is 10.0 Å². The molecule has 0 amide bonds. The molecule has 0 atom stereocenters. The van der Waals surface area contributed by atoms with Crippen molar-refractivity contribution in [2.24, 2.45) is 0 Å². The Bertz CT molecular complexity index is 773. The molecule has 0 spiro atoms. The summed E-state index contributed by atoms with van der Waals surface area (Å²) in [7, 11) is 0.407. The predicted molar refractivity (Wildman–Crippen MR) is 101 cm³/mol. The van der Waals surface area contributed by atoms with Crippen LogP contribution in [0, 0.1) is 0 Å². The molecule has 0 aromatic heterocycles. The number of nitrogens with zero attached hydrogens (tertiary/aromatic N) is 2. The standard InChI is InChI=1S/C17H24N2O2S2/c1-4-19(12-7-13-22)23(20,21)17-11-6-8-14-15(17)9-5-10-16(14)18(2)3/h5-6,8-11,22H,4,7,12-13H2,1-3H3. The van der Waals surface area contributed by atoms with Crippen LogP contribution >= 0.6 is 12.6 Å². The molecule has 0 aliphatic carbocycles. The van der Waals surface area contributed by atoms with E-state index in [1.54, 1.807) is 6.07 Å². The molecule has 126 valence electrons. The van der Waals surface area contributed by atoms with Gasteiger partial charge >= 0.3 is 0 Å². The number of anilines is 1. The van der Waals surface area contributed by atoms with E-state index >= 15 is 0 Å². The normalized spacial score (nSPS) is 12.0. The van der Waals surface area contributed by atoms with Crippen molar-refractivity contribution in [1.29, 1.82) is 0 Å². The maximum atomic E-state index is 13.1. The van der Waals surface area contributed by atoms with Gasteiger partial charge in [-0.15, -0.1) is 0 Å². The summed E-state index contributed by atoms with van der Waals surface area (Å²) in [6.07, 6.45) is 0.740. The van der Waals surface area contributed by atoms with Gasteiger partial charge in [0.25, 0.3) is 0 Å². The second-order valence-corrected chi connectivity index (χ2v) is 7.95. The maximum Gasteiger partial charge on any atom is 0.243 e. The van der Waals surface area contributed by atoms with Gasteiger partial charge in [0.15, 0.2) is 0 Å². The Balaban J connectivity index is 2.61. The zero-order valence-corrected chi connectivity index (χ0v) is 15.6. The lowest BCUT2D eigenvalue weighted by Gasteiger charge is -2.22. The Morgan fingerprint density at radius 2 is 1.70 bits per heavy atom. The van der Waals surface area contributed by atoms with Gasteiger partial charge in [0.1, 0.15) is 0 Å². The number of fused-ring (bicyclic) bond motifs is 1. The van der Waals surface area contributed by atoms with Gasteiger partial charge in [0.05, 0.1) is 4.90 Å². The lowest BCUT2D eigenvalue weighted by atomic mass is 10.1. The van der Waals surface area contributed by atoms with Crippen molar-refractivity contribution < 1.29 is 8.42 Å². The molecule has 0 aliphatic heterocycles. The van der Waals surface area contributed by atoms with Crippen molar-refractivity contribution >= 4 is 39.1 Å². The van der Waals surface area contributed by atoms with Gasteiger partial charge in [-0.3, -0.25) is 0 Å². The van der Waals surface area contributed by atoms with Crippen LogP contribution in [0.5, 0.6) is 0 Å². The van der Waals surface area contributed by atoms with Crippen molar-refractivity contribution in [3.8, 4) is 0 Å². The Morgan fingerprint density at radius 1 is 1.04 bits per heavy atom. The zero-order chi connectivity index (χ0) is 17.0. The largest absolute Gasteiger partial charge is 0.377 e. The van der Waals surface area contributed by atoms with Gasteiger partial charge in [-0.25, -0.2) is 8.42 Å². The number of thiol groups is 1. The number of sulfonamides is 1. The molecular weight excluding hydrogens is 328 g/mol. The van der Waals surface area contributed by atoms with Crippen LogP contribution in [0.25, 0.3) is 10.8 Å². The van der Waals surface area contributed by atoms with Crippen molar-refractivity contribution in [2.45, 2.75) is 18.2 Å². The van der Waals surface area contributed by atoms with Crippen LogP contribution in [0.3, 0.4) is 0 Å². The highest BCUT2D eigenvalue weighted by Gasteiger charge is 2.25. The first kappa shape index (κ1) is 18.1. The molecule has 2 aromatic carbocycles. The molecule has 0 fully saturated rings. The summed E-state index contributed by atoms with van der Waals surface area (Å²) in [6.45, 7) is 2.82. The van der Waals surface area contributed by atoms with Crippen molar-refractivity contribution in [3.05, 3.63) is 36.4 Å². The van der Waals surface area contributed by atoms with E-state index < -0.39 is 10.0 Å². The highest BCUT2D eigenvalue weighted by molar-refractivity contribution is 7.89. The Hall–Kier alpha value is -1.24. The monoisotopic (exact) mass is 352 g/mol. The summed E-state index contributed by atoms with van der Waals surface area (Å²) in [4.78, 5) is 2.37. The van der Waals surface area contributed by atoms with Gasteiger partial charge < -0.3 is 4.90 Å². The quantitative estimate of drug-likeness (QED) is 0.778. The fraction of sp³-hybridized carbons (Fsp3) is 0.412. The Morgan fingerprint density at radius 3 is 2.30 bits per heavy atom. The van der Waals surface area contributed by atoms with Crippen molar-refractivity contribution in [1.82, 2.24) is 4.31 Å². The number of hydrogen-bond donors (Lipinski definition) is 1. The van der Waals surface area contributed by atoms with Crippen LogP contribution in [0.2, 0.25) is 0 Å². The minimum Gasteiger partial charge on any atom is -0.377 e. The van der Waals surface area contributed by atoms with E-state index in [2.05, 4.69) is 12.6 Å². The average molecular weight is 353 g/mol. The highest BCUT2D eigenvalue weighted by atomic mass is 32.2.